The summed E-state index contributed by atoms with van der Waals surface area (Å²) in [5, 5.41) is 32.4. The van der Waals surface area contributed by atoms with Crippen molar-refractivity contribution in [1.29, 1.82) is 0 Å². The van der Waals surface area contributed by atoms with Crippen LogP contribution in [0.15, 0.2) is 109 Å². The van der Waals surface area contributed by atoms with Gasteiger partial charge in [-0.3, -0.25) is 29.5 Å². The minimum Gasteiger partial charge on any atom is -0.508 e. The van der Waals surface area contributed by atoms with E-state index in [9.17, 15) is 29.5 Å². The molecule has 262 valence electrons. The highest BCUT2D eigenvalue weighted by molar-refractivity contribution is 6.58. The predicted molar refractivity (Wildman–Crippen MR) is 192 cm³/mol. The highest BCUT2D eigenvalue weighted by atomic mass is 16.5. The van der Waals surface area contributed by atoms with E-state index in [-0.39, 0.29) is 29.7 Å². The summed E-state index contributed by atoms with van der Waals surface area (Å²) in [6.45, 7) is 1.94. The summed E-state index contributed by atoms with van der Waals surface area (Å²) in [6, 6.07) is 27.2. The van der Waals surface area contributed by atoms with Crippen molar-refractivity contribution in [3.8, 4) is 11.5 Å². The summed E-state index contributed by atoms with van der Waals surface area (Å²) < 4.78 is 5.83. The number of carbonyl (C=O) groups is 4. The molecule has 2 aliphatic carbocycles. The second-order valence-electron chi connectivity index (χ2n) is 14.0. The zero-order chi connectivity index (χ0) is 36.5. The third kappa shape index (κ3) is 4.81. The molecule has 0 bridgehead atoms. The molecule has 12 heteroatoms. The lowest BCUT2D eigenvalue weighted by molar-refractivity contribution is -0.138. The van der Waals surface area contributed by atoms with E-state index in [1.807, 2.05) is 43.3 Å². The molecule has 8 rings (SSSR count). The minimum atomic E-state index is -1.80. The van der Waals surface area contributed by atoms with E-state index in [1.54, 1.807) is 48.5 Å². The van der Waals surface area contributed by atoms with Crippen LogP contribution < -0.4 is 20.5 Å². The fourth-order valence-corrected chi connectivity index (χ4v) is 9.14. The predicted octanol–water partition coefficient (Wildman–Crippen LogP) is 3.58. The molecule has 6 atom stereocenters. The van der Waals surface area contributed by atoms with E-state index < -0.39 is 65.8 Å². The zero-order valence-corrected chi connectivity index (χ0v) is 28.5. The number of rotatable bonds is 7. The van der Waals surface area contributed by atoms with Crippen molar-refractivity contribution >= 4 is 47.6 Å². The zero-order valence-electron chi connectivity index (χ0n) is 28.5. The van der Waals surface area contributed by atoms with Crippen LogP contribution >= 0.6 is 0 Å². The summed E-state index contributed by atoms with van der Waals surface area (Å²) in [4.78, 5) is 59.9. The number of methoxy groups -OCH3 is 1. The van der Waals surface area contributed by atoms with Gasteiger partial charge in [0, 0.05) is 11.5 Å². The Morgan fingerprint density at radius 3 is 2.29 bits per heavy atom. The summed E-state index contributed by atoms with van der Waals surface area (Å²) in [7, 11) is -0.331. The van der Waals surface area contributed by atoms with Gasteiger partial charge in [0.15, 0.2) is 0 Å². The number of phenolic OH excluding ortho intramolecular Hbond substituents is 1. The number of anilines is 2. The van der Waals surface area contributed by atoms with Crippen LogP contribution in [-0.2, 0) is 24.6 Å². The molecule has 4 aromatic carbocycles. The number of imide groups is 2. The van der Waals surface area contributed by atoms with Crippen molar-refractivity contribution in [2.75, 3.05) is 17.4 Å². The molecule has 4 aromatic rings. The van der Waals surface area contributed by atoms with Gasteiger partial charge in [0.1, 0.15) is 11.5 Å². The van der Waals surface area contributed by atoms with E-state index in [4.69, 9.17) is 4.74 Å². The van der Waals surface area contributed by atoms with Crippen LogP contribution in [0.2, 0.25) is 0 Å². The number of ether oxygens (including phenoxy) is 1. The second-order valence-corrected chi connectivity index (χ2v) is 14.0. The molecule has 2 saturated heterocycles. The Balaban J connectivity index is 1.33. The van der Waals surface area contributed by atoms with Crippen LogP contribution in [0.25, 0.3) is 0 Å². The van der Waals surface area contributed by atoms with Crippen molar-refractivity contribution in [1.82, 2.24) is 5.01 Å². The fraction of sp³-hybridized carbons (Fsp3) is 0.250. The number of hydrogen-bond acceptors (Lipinski definition) is 9. The van der Waals surface area contributed by atoms with Gasteiger partial charge in [0.25, 0.3) is 11.8 Å². The maximum Gasteiger partial charge on any atom is 0.488 e. The number of carbonyl (C=O) groups excluding carboxylic acids is 4. The molecular formula is C40H36BN3O8. The van der Waals surface area contributed by atoms with Crippen LogP contribution in [0.1, 0.15) is 35.4 Å². The van der Waals surface area contributed by atoms with Crippen molar-refractivity contribution in [2.24, 2.45) is 23.7 Å². The SMILES string of the molecule is COc1cccc(O)c1[C@H]1C2=CC[C@@H]3C(=O)N(c4cccc(B(O)O)c4)C(=O)[C@@H]3[C@@H]2C[C@H]2C(=O)N(Nc3ccc(C)cc3)C(=O)[C@@]12c1ccccc1. The number of hydrogen-bond donors (Lipinski definition) is 4. The molecule has 1 saturated carbocycles. The van der Waals surface area contributed by atoms with Crippen LogP contribution in [0.4, 0.5) is 11.4 Å². The van der Waals surface area contributed by atoms with Crippen LogP contribution in [-0.4, -0.2) is 58.0 Å². The molecule has 0 unspecified atom stereocenters. The Hall–Kier alpha value is -5.72. The van der Waals surface area contributed by atoms with Gasteiger partial charge in [-0.2, -0.15) is 5.01 Å². The third-order valence-corrected chi connectivity index (χ3v) is 11.4. The van der Waals surface area contributed by atoms with Gasteiger partial charge in [0.05, 0.1) is 41.7 Å². The number of allylic oxidation sites excluding steroid dienone is 2. The lowest BCUT2D eigenvalue weighted by Gasteiger charge is -2.50. The average Bonchev–Trinajstić information content (AvgIpc) is 3.53. The fourth-order valence-electron chi connectivity index (χ4n) is 9.14. The van der Waals surface area contributed by atoms with Gasteiger partial charge in [-0.15, -0.1) is 0 Å². The lowest BCUT2D eigenvalue weighted by atomic mass is 9.49. The van der Waals surface area contributed by atoms with Gasteiger partial charge in [-0.1, -0.05) is 77.9 Å². The lowest BCUT2D eigenvalue weighted by Crippen LogP contribution is -2.53. The largest absolute Gasteiger partial charge is 0.508 e. The van der Waals surface area contributed by atoms with E-state index in [0.29, 0.717) is 28.1 Å². The molecular weight excluding hydrogens is 661 g/mol. The topological polar surface area (TPSA) is 157 Å². The minimum absolute atomic E-state index is 0.0766. The van der Waals surface area contributed by atoms with Gasteiger partial charge < -0.3 is 19.9 Å². The molecule has 0 radical (unpaired) electrons. The number of aryl methyl sites for hydroxylation is 1. The highest BCUT2D eigenvalue weighted by Gasteiger charge is 2.71. The summed E-state index contributed by atoms with van der Waals surface area (Å²) in [6.07, 6.45) is 2.15. The Kier molecular flexibility index (Phi) is 8.04. The van der Waals surface area contributed by atoms with Gasteiger partial charge in [-0.25, -0.2) is 0 Å². The molecule has 0 spiro atoms. The summed E-state index contributed by atoms with van der Waals surface area (Å²) in [5.41, 5.74) is 4.91. The Labute approximate surface area is 300 Å². The smallest absolute Gasteiger partial charge is 0.488 e. The van der Waals surface area contributed by atoms with Crippen molar-refractivity contribution in [3.05, 3.63) is 125 Å². The van der Waals surface area contributed by atoms with Crippen molar-refractivity contribution in [2.45, 2.75) is 31.1 Å². The Morgan fingerprint density at radius 2 is 1.58 bits per heavy atom. The molecule has 11 nitrogen and oxygen atoms in total. The first-order valence-electron chi connectivity index (χ1n) is 17.2. The molecule has 4 N–H and O–H groups in total. The van der Waals surface area contributed by atoms with Crippen molar-refractivity contribution in [3.63, 3.8) is 0 Å². The maximum absolute atomic E-state index is 15.3. The Morgan fingerprint density at radius 1 is 0.846 bits per heavy atom. The number of fused-ring (bicyclic) bond motifs is 4. The van der Waals surface area contributed by atoms with Crippen LogP contribution in [0.5, 0.6) is 11.5 Å². The number of aromatic hydroxyl groups is 1. The maximum atomic E-state index is 15.3. The molecule has 2 heterocycles. The number of nitrogens with zero attached hydrogens (tertiary/aromatic N) is 2. The summed E-state index contributed by atoms with van der Waals surface area (Å²) >= 11 is 0. The number of amides is 4. The first-order valence-corrected chi connectivity index (χ1v) is 17.2. The van der Waals surface area contributed by atoms with Gasteiger partial charge in [-0.05, 0) is 73.1 Å². The highest BCUT2D eigenvalue weighted by Crippen LogP contribution is 2.66. The third-order valence-electron chi connectivity index (χ3n) is 11.4. The van der Waals surface area contributed by atoms with E-state index in [0.717, 1.165) is 15.5 Å². The Bertz CT molecular complexity index is 2160. The molecule has 4 amide bonds. The quantitative estimate of drug-likeness (QED) is 0.129. The van der Waals surface area contributed by atoms with E-state index >= 15 is 4.79 Å². The first-order chi connectivity index (χ1) is 25.1. The number of hydrazine groups is 1. The van der Waals surface area contributed by atoms with Gasteiger partial charge >= 0.3 is 7.12 Å². The number of nitrogens with one attached hydrogen (secondary N) is 1. The number of benzene rings is 4. The average molecular weight is 698 g/mol. The monoisotopic (exact) mass is 697 g/mol. The normalized spacial score (nSPS) is 26.5. The first kappa shape index (κ1) is 33.4. The molecule has 0 aromatic heterocycles. The van der Waals surface area contributed by atoms with E-state index in [2.05, 4.69) is 5.43 Å². The van der Waals surface area contributed by atoms with E-state index in [1.165, 1.54) is 25.3 Å². The van der Waals surface area contributed by atoms with Crippen LogP contribution in [0, 0.1) is 30.6 Å². The number of phenols is 1. The standard InChI is InChI=1S/C40H36BN3O8/c1-22-14-16-25(17-15-22)42-44-37(47)30-21-29-27(18-19-28-33(29)38(48)43(36(28)46)26-11-6-10-24(20-26)41(50)51)35(34-31(45)12-7-13-32(34)52-2)40(30,39(44)49)23-8-4-3-5-9-23/h3-18,20,28-30,33,35,42,45,50-51H,19,21H2,1-2H3/t28-,29+,30-,33-,35+,40+/m0/s1. The second kappa shape index (κ2) is 12.5. The molecule has 52 heavy (non-hydrogen) atoms. The molecule has 3 fully saturated rings. The van der Waals surface area contributed by atoms with Crippen LogP contribution in [0.3, 0.4) is 0 Å². The summed E-state index contributed by atoms with van der Waals surface area (Å²) in [5.74, 6) is -6.03. The van der Waals surface area contributed by atoms with Crippen molar-refractivity contribution < 1.29 is 39.1 Å². The van der Waals surface area contributed by atoms with Gasteiger partial charge in [0.2, 0.25) is 11.8 Å². The molecule has 4 aliphatic rings. The molecule has 2 aliphatic heterocycles.